The summed E-state index contributed by atoms with van der Waals surface area (Å²) in [4.78, 5) is 10.9. The average molecular weight is 282 g/mol. The number of rotatable bonds is 8. The first kappa shape index (κ1) is 15.9. The van der Waals surface area contributed by atoms with E-state index in [1.54, 1.807) is 0 Å². The maximum absolute atomic E-state index is 10.9. The van der Waals surface area contributed by atoms with E-state index in [1.165, 1.54) is 6.92 Å². The summed E-state index contributed by atoms with van der Waals surface area (Å²) < 4.78 is 5.61. The number of carbonyl (C=O) groups excluding carboxylic acids is 1. The second-order valence-corrected chi connectivity index (χ2v) is 4.86. The summed E-state index contributed by atoms with van der Waals surface area (Å²) in [6.45, 7) is 2.17. The Balaban J connectivity index is 2.21. The number of nitrogens with one attached hydrogen (secondary N) is 1. The van der Waals surface area contributed by atoms with Crippen LogP contribution in [0.3, 0.4) is 0 Å². The Bertz CT molecular complexity index is 382. The van der Waals surface area contributed by atoms with Gasteiger partial charge in [-0.1, -0.05) is 0 Å². The van der Waals surface area contributed by atoms with Gasteiger partial charge in [0.15, 0.2) is 0 Å². The third-order valence-corrected chi connectivity index (χ3v) is 3.12. The van der Waals surface area contributed by atoms with Gasteiger partial charge in [0.2, 0.25) is 5.91 Å². The van der Waals surface area contributed by atoms with E-state index in [-0.39, 0.29) is 11.9 Å². The minimum atomic E-state index is -0.0748. The summed E-state index contributed by atoms with van der Waals surface area (Å²) in [5, 5.41) is 2.71. The van der Waals surface area contributed by atoms with Gasteiger partial charge in [0.25, 0.3) is 0 Å². The van der Waals surface area contributed by atoms with Crippen LogP contribution in [0.2, 0.25) is 0 Å². The van der Waals surface area contributed by atoms with Crippen molar-refractivity contribution in [2.24, 2.45) is 5.73 Å². The SMILES string of the molecule is CC(=O)Nc1ccc(OCCCC[C@@H](N)CS)cc1. The Hall–Kier alpha value is -1.20. The normalized spacial score (nSPS) is 11.9. The van der Waals surface area contributed by atoms with E-state index in [1.807, 2.05) is 24.3 Å². The number of ether oxygens (including phenoxy) is 1. The van der Waals surface area contributed by atoms with Crippen LogP contribution in [0.15, 0.2) is 24.3 Å². The molecule has 1 rings (SSSR count). The van der Waals surface area contributed by atoms with Crippen molar-refractivity contribution in [3.8, 4) is 5.75 Å². The number of anilines is 1. The quantitative estimate of drug-likeness (QED) is 0.507. The van der Waals surface area contributed by atoms with Crippen molar-refractivity contribution >= 4 is 24.2 Å². The lowest BCUT2D eigenvalue weighted by atomic mass is 10.1. The van der Waals surface area contributed by atoms with Gasteiger partial charge in [-0.3, -0.25) is 4.79 Å². The molecule has 0 aliphatic carbocycles. The third-order valence-electron chi connectivity index (χ3n) is 2.65. The molecule has 19 heavy (non-hydrogen) atoms. The smallest absolute Gasteiger partial charge is 0.221 e. The lowest BCUT2D eigenvalue weighted by Crippen LogP contribution is -2.21. The monoisotopic (exact) mass is 282 g/mol. The highest BCUT2D eigenvalue weighted by Crippen LogP contribution is 2.16. The summed E-state index contributed by atoms with van der Waals surface area (Å²) in [5.74, 6) is 1.47. The van der Waals surface area contributed by atoms with Gasteiger partial charge in [-0.05, 0) is 43.5 Å². The molecule has 1 aromatic rings. The molecule has 5 heteroatoms. The maximum Gasteiger partial charge on any atom is 0.221 e. The van der Waals surface area contributed by atoms with E-state index in [4.69, 9.17) is 10.5 Å². The van der Waals surface area contributed by atoms with Crippen LogP contribution in [0, 0.1) is 0 Å². The van der Waals surface area contributed by atoms with Gasteiger partial charge in [0.05, 0.1) is 6.61 Å². The standard InChI is InChI=1S/C14H22N2O2S/c1-11(17)16-13-5-7-14(8-6-13)18-9-3-2-4-12(15)10-19/h5-8,12,19H,2-4,9-10,15H2,1H3,(H,16,17)/t12-/m1/s1. The Morgan fingerprint density at radius 1 is 1.37 bits per heavy atom. The Morgan fingerprint density at radius 2 is 2.05 bits per heavy atom. The van der Waals surface area contributed by atoms with E-state index >= 15 is 0 Å². The van der Waals surface area contributed by atoms with Crippen LogP contribution in [0.25, 0.3) is 0 Å². The van der Waals surface area contributed by atoms with E-state index < -0.39 is 0 Å². The largest absolute Gasteiger partial charge is 0.494 e. The van der Waals surface area contributed by atoms with Crippen LogP contribution < -0.4 is 15.8 Å². The minimum Gasteiger partial charge on any atom is -0.494 e. The van der Waals surface area contributed by atoms with Gasteiger partial charge in [-0.2, -0.15) is 12.6 Å². The van der Waals surface area contributed by atoms with Gasteiger partial charge in [0, 0.05) is 24.4 Å². The molecule has 0 heterocycles. The van der Waals surface area contributed by atoms with Crippen LogP contribution in [-0.2, 0) is 4.79 Å². The van der Waals surface area contributed by atoms with Gasteiger partial charge in [0.1, 0.15) is 5.75 Å². The third kappa shape index (κ3) is 7.08. The van der Waals surface area contributed by atoms with Crippen LogP contribution in [0.4, 0.5) is 5.69 Å². The molecule has 106 valence electrons. The van der Waals surface area contributed by atoms with Crippen molar-refractivity contribution in [3.63, 3.8) is 0 Å². The number of benzene rings is 1. The topological polar surface area (TPSA) is 64.3 Å². The van der Waals surface area contributed by atoms with E-state index in [2.05, 4.69) is 17.9 Å². The molecular formula is C14H22N2O2S. The van der Waals surface area contributed by atoms with Crippen molar-refractivity contribution < 1.29 is 9.53 Å². The summed E-state index contributed by atoms with van der Waals surface area (Å²) in [5.41, 5.74) is 6.55. The molecule has 0 fully saturated rings. The van der Waals surface area contributed by atoms with E-state index in [9.17, 15) is 4.79 Å². The zero-order valence-corrected chi connectivity index (χ0v) is 12.2. The number of amides is 1. The zero-order chi connectivity index (χ0) is 14.1. The highest BCUT2D eigenvalue weighted by Gasteiger charge is 2.00. The Morgan fingerprint density at radius 3 is 2.63 bits per heavy atom. The molecule has 0 unspecified atom stereocenters. The van der Waals surface area contributed by atoms with Crippen LogP contribution in [-0.4, -0.2) is 24.3 Å². The Labute approximate surface area is 120 Å². The molecule has 0 saturated carbocycles. The molecule has 0 bridgehead atoms. The second-order valence-electron chi connectivity index (χ2n) is 4.49. The van der Waals surface area contributed by atoms with Gasteiger partial charge >= 0.3 is 0 Å². The highest BCUT2D eigenvalue weighted by molar-refractivity contribution is 7.80. The van der Waals surface area contributed by atoms with Gasteiger partial charge in [-0.25, -0.2) is 0 Å². The van der Waals surface area contributed by atoms with Crippen LogP contribution >= 0.6 is 12.6 Å². The Kier molecular flexibility index (Phi) is 7.36. The number of thiol groups is 1. The molecule has 1 aromatic carbocycles. The minimum absolute atomic E-state index is 0.0748. The molecule has 1 amide bonds. The summed E-state index contributed by atoms with van der Waals surface area (Å²) in [6, 6.07) is 7.54. The van der Waals surface area contributed by atoms with Gasteiger partial charge in [-0.15, -0.1) is 0 Å². The lowest BCUT2D eigenvalue weighted by Gasteiger charge is -2.09. The van der Waals surface area contributed by atoms with Crippen molar-refractivity contribution in [3.05, 3.63) is 24.3 Å². The first-order valence-corrected chi connectivity index (χ1v) is 7.12. The average Bonchev–Trinajstić information content (AvgIpc) is 2.39. The number of nitrogens with two attached hydrogens (primary N) is 1. The summed E-state index contributed by atoms with van der Waals surface area (Å²) in [7, 11) is 0. The predicted molar refractivity (Wildman–Crippen MR) is 81.9 cm³/mol. The summed E-state index contributed by atoms with van der Waals surface area (Å²) >= 11 is 4.14. The van der Waals surface area contributed by atoms with E-state index in [0.29, 0.717) is 6.61 Å². The van der Waals surface area contributed by atoms with Crippen LogP contribution in [0.1, 0.15) is 26.2 Å². The molecule has 0 aliphatic rings. The fourth-order valence-electron chi connectivity index (χ4n) is 1.63. The van der Waals surface area contributed by atoms with Crippen LogP contribution in [0.5, 0.6) is 5.75 Å². The molecular weight excluding hydrogens is 260 g/mol. The molecule has 0 aliphatic heterocycles. The molecule has 0 spiro atoms. The molecule has 0 radical (unpaired) electrons. The van der Waals surface area contributed by atoms with Crippen molar-refractivity contribution in [1.82, 2.24) is 0 Å². The fourth-order valence-corrected chi connectivity index (χ4v) is 1.81. The van der Waals surface area contributed by atoms with Gasteiger partial charge < -0.3 is 15.8 Å². The second kappa shape index (κ2) is 8.82. The number of carbonyl (C=O) groups is 1. The van der Waals surface area contributed by atoms with Crippen molar-refractivity contribution in [2.75, 3.05) is 17.7 Å². The lowest BCUT2D eigenvalue weighted by molar-refractivity contribution is -0.114. The zero-order valence-electron chi connectivity index (χ0n) is 11.3. The van der Waals surface area contributed by atoms with E-state index in [0.717, 1.165) is 36.5 Å². The maximum atomic E-state index is 10.9. The molecule has 1 atom stereocenters. The van der Waals surface area contributed by atoms with Crippen molar-refractivity contribution in [1.29, 1.82) is 0 Å². The molecule has 3 N–H and O–H groups in total. The first-order valence-electron chi connectivity index (χ1n) is 6.48. The summed E-state index contributed by atoms with van der Waals surface area (Å²) in [6.07, 6.45) is 3.01. The highest BCUT2D eigenvalue weighted by atomic mass is 32.1. The molecule has 4 nitrogen and oxygen atoms in total. The molecule has 0 aromatic heterocycles. The number of unbranched alkanes of at least 4 members (excludes halogenated alkanes) is 1. The predicted octanol–water partition coefficient (Wildman–Crippen LogP) is 2.45. The number of hydrogen-bond donors (Lipinski definition) is 3. The fraction of sp³-hybridized carbons (Fsp3) is 0.500. The molecule has 0 saturated heterocycles. The first-order chi connectivity index (χ1) is 9.11. The van der Waals surface area contributed by atoms with Crippen molar-refractivity contribution in [2.45, 2.75) is 32.2 Å². The number of hydrogen-bond acceptors (Lipinski definition) is 4.